The van der Waals surface area contributed by atoms with E-state index in [1.165, 1.54) is 11.3 Å². The van der Waals surface area contributed by atoms with Gasteiger partial charge >= 0.3 is 12.0 Å². The molecule has 0 radical (unpaired) electrons. The fourth-order valence-corrected chi connectivity index (χ4v) is 2.69. The normalized spacial score (nSPS) is 11.9. The fraction of sp³-hybridized carbons (Fsp3) is 0.308. The predicted molar refractivity (Wildman–Crippen MR) is 79.8 cm³/mol. The molecule has 0 bridgehead atoms. The van der Waals surface area contributed by atoms with Crippen LogP contribution in [0.3, 0.4) is 0 Å². The third-order valence-corrected chi connectivity index (χ3v) is 3.77. The van der Waals surface area contributed by atoms with Gasteiger partial charge in [-0.2, -0.15) is 0 Å². The van der Waals surface area contributed by atoms with Crippen molar-refractivity contribution in [1.29, 1.82) is 0 Å². The molecular formula is C13H16N4O3S. The first kappa shape index (κ1) is 15.0. The molecule has 2 aromatic rings. The molecule has 1 unspecified atom stereocenters. The zero-order chi connectivity index (χ0) is 15.4. The number of carboxylic acid groups (broad SMARTS) is 1. The molecule has 0 aromatic carbocycles. The van der Waals surface area contributed by atoms with E-state index in [2.05, 4.69) is 20.6 Å². The van der Waals surface area contributed by atoms with E-state index in [0.717, 1.165) is 5.01 Å². The Labute approximate surface area is 125 Å². The number of aromatic nitrogens is 2. The van der Waals surface area contributed by atoms with Crippen LogP contribution in [0.25, 0.3) is 0 Å². The molecule has 0 spiro atoms. The topological polar surface area (TPSA) is 107 Å². The number of nitrogens with zero attached hydrogens (tertiary/aromatic N) is 1. The van der Waals surface area contributed by atoms with E-state index in [1.807, 2.05) is 12.3 Å². The maximum atomic E-state index is 12.0. The number of rotatable bonds is 5. The number of aromatic carboxylic acids is 1. The Bertz CT molecular complexity index is 636. The van der Waals surface area contributed by atoms with Gasteiger partial charge in [0.25, 0.3) is 0 Å². The van der Waals surface area contributed by atoms with Crippen LogP contribution in [-0.2, 0) is 0 Å². The number of hydrogen-bond donors (Lipinski definition) is 4. The van der Waals surface area contributed by atoms with E-state index in [9.17, 15) is 9.59 Å². The Balaban J connectivity index is 2.06. The molecule has 2 amide bonds. The van der Waals surface area contributed by atoms with E-state index >= 15 is 0 Å². The first-order chi connectivity index (χ1) is 10.0. The van der Waals surface area contributed by atoms with Crippen LogP contribution in [-0.4, -0.2) is 27.1 Å². The van der Waals surface area contributed by atoms with Crippen LogP contribution < -0.4 is 10.6 Å². The summed E-state index contributed by atoms with van der Waals surface area (Å²) in [5, 5.41) is 17.1. The predicted octanol–water partition coefficient (Wildman–Crippen LogP) is 2.75. The number of amides is 2. The summed E-state index contributed by atoms with van der Waals surface area (Å²) in [6.07, 6.45) is 2.37. The SMILES string of the molecule is CCC(NC(=O)Nc1cc(C)[nH]c1C(=O)O)c1nccs1. The lowest BCUT2D eigenvalue weighted by Gasteiger charge is -2.14. The second-order valence-electron chi connectivity index (χ2n) is 4.48. The lowest BCUT2D eigenvalue weighted by Crippen LogP contribution is -2.32. The van der Waals surface area contributed by atoms with E-state index in [0.29, 0.717) is 12.1 Å². The lowest BCUT2D eigenvalue weighted by atomic mass is 10.2. The van der Waals surface area contributed by atoms with Gasteiger partial charge in [0.15, 0.2) is 0 Å². The van der Waals surface area contributed by atoms with E-state index in [-0.39, 0.29) is 17.4 Å². The number of urea groups is 1. The van der Waals surface area contributed by atoms with Crippen molar-refractivity contribution in [2.45, 2.75) is 26.3 Å². The molecule has 0 aliphatic heterocycles. The molecule has 1 atom stereocenters. The summed E-state index contributed by atoms with van der Waals surface area (Å²) in [6.45, 7) is 3.66. The standard InChI is InChI=1S/C13H16N4O3S/c1-3-8(11-14-4-5-21-11)16-13(20)17-9-6-7(2)15-10(9)12(18)19/h4-6,8,15H,3H2,1-2H3,(H,18,19)(H2,16,17,20). The van der Waals surface area contributed by atoms with Gasteiger partial charge in [-0.15, -0.1) is 11.3 Å². The molecule has 112 valence electrons. The second-order valence-corrected chi connectivity index (χ2v) is 5.40. The Kier molecular flexibility index (Phi) is 4.59. The van der Waals surface area contributed by atoms with E-state index < -0.39 is 12.0 Å². The summed E-state index contributed by atoms with van der Waals surface area (Å²) >= 11 is 1.46. The van der Waals surface area contributed by atoms with E-state index in [1.54, 1.807) is 19.2 Å². The number of hydrogen-bond acceptors (Lipinski definition) is 4. The molecule has 2 heterocycles. The van der Waals surface area contributed by atoms with Gasteiger partial charge in [0.2, 0.25) is 0 Å². The fourth-order valence-electron chi connectivity index (χ4n) is 1.92. The van der Waals surface area contributed by atoms with Crippen LogP contribution in [0, 0.1) is 6.92 Å². The zero-order valence-corrected chi connectivity index (χ0v) is 12.5. The van der Waals surface area contributed by atoms with Crippen LogP contribution >= 0.6 is 11.3 Å². The molecule has 0 aliphatic carbocycles. The average molecular weight is 308 g/mol. The summed E-state index contributed by atoms with van der Waals surface area (Å²) in [5.41, 5.74) is 0.867. The van der Waals surface area contributed by atoms with Gasteiger partial charge in [-0.25, -0.2) is 14.6 Å². The minimum atomic E-state index is -1.12. The van der Waals surface area contributed by atoms with Gasteiger partial charge < -0.3 is 20.7 Å². The minimum Gasteiger partial charge on any atom is -0.477 e. The molecular weight excluding hydrogens is 292 g/mol. The van der Waals surface area contributed by atoms with Crippen LogP contribution in [0.4, 0.5) is 10.5 Å². The molecule has 0 saturated heterocycles. The number of thiazole rings is 1. The summed E-state index contributed by atoms with van der Waals surface area (Å²) < 4.78 is 0. The highest BCUT2D eigenvalue weighted by atomic mass is 32.1. The molecule has 21 heavy (non-hydrogen) atoms. The average Bonchev–Trinajstić information content (AvgIpc) is 3.05. The second kappa shape index (κ2) is 6.40. The third kappa shape index (κ3) is 3.60. The summed E-state index contributed by atoms with van der Waals surface area (Å²) in [7, 11) is 0. The monoisotopic (exact) mass is 308 g/mol. The van der Waals surface area contributed by atoms with Gasteiger partial charge in [0, 0.05) is 17.3 Å². The number of H-pyrrole nitrogens is 1. The number of carbonyl (C=O) groups excluding carboxylic acids is 1. The van der Waals surface area contributed by atoms with Gasteiger partial charge in [-0.1, -0.05) is 6.92 Å². The van der Waals surface area contributed by atoms with Crippen molar-refractivity contribution >= 4 is 29.0 Å². The minimum absolute atomic E-state index is 0.0371. The van der Waals surface area contributed by atoms with Crippen molar-refractivity contribution in [2.24, 2.45) is 0 Å². The Hall–Kier alpha value is -2.35. The lowest BCUT2D eigenvalue weighted by molar-refractivity contribution is 0.0692. The number of carboxylic acids is 1. The molecule has 4 N–H and O–H groups in total. The first-order valence-electron chi connectivity index (χ1n) is 6.41. The first-order valence-corrected chi connectivity index (χ1v) is 7.29. The largest absolute Gasteiger partial charge is 0.477 e. The van der Waals surface area contributed by atoms with Crippen molar-refractivity contribution in [3.8, 4) is 0 Å². The maximum Gasteiger partial charge on any atom is 0.354 e. The van der Waals surface area contributed by atoms with Crippen LogP contribution in [0.2, 0.25) is 0 Å². The molecule has 2 aromatic heterocycles. The number of aryl methyl sites for hydroxylation is 1. The Morgan fingerprint density at radius 2 is 2.29 bits per heavy atom. The van der Waals surface area contributed by atoms with E-state index in [4.69, 9.17) is 5.11 Å². The molecule has 2 rings (SSSR count). The van der Waals surface area contributed by atoms with Crippen molar-refractivity contribution in [1.82, 2.24) is 15.3 Å². The molecule has 0 aliphatic rings. The summed E-state index contributed by atoms with van der Waals surface area (Å²) in [4.78, 5) is 29.9. The highest BCUT2D eigenvalue weighted by Gasteiger charge is 2.18. The van der Waals surface area contributed by atoms with Gasteiger partial charge in [-0.05, 0) is 19.4 Å². The summed E-state index contributed by atoms with van der Waals surface area (Å²) in [5.74, 6) is -1.12. The third-order valence-electron chi connectivity index (χ3n) is 2.88. The zero-order valence-electron chi connectivity index (χ0n) is 11.6. The smallest absolute Gasteiger partial charge is 0.354 e. The molecule has 8 heteroatoms. The number of anilines is 1. The van der Waals surface area contributed by atoms with Crippen molar-refractivity contribution in [3.05, 3.63) is 34.0 Å². The summed E-state index contributed by atoms with van der Waals surface area (Å²) in [6, 6.07) is 0.921. The van der Waals surface area contributed by atoms with Crippen molar-refractivity contribution in [3.63, 3.8) is 0 Å². The number of carbonyl (C=O) groups is 2. The number of aromatic amines is 1. The maximum absolute atomic E-state index is 12.0. The Morgan fingerprint density at radius 1 is 1.52 bits per heavy atom. The van der Waals surface area contributed by atoms with Gasteiger partial charge in [0.1, 0.15) is 10.7 Å². The molecule has 0 saturated carbocycles. The van der Waals surface area contributed by atoms with Crippen LogP contribution in [0.5, 0.6) is 0 Å². The molecule has 7 nitrogen and oxygen atoms in total. The quantitative estimate of drug-likeness (QED) is 0.681. The van der Waals surface area contributed by atoms with Crippen LogP contribution in [0.15, 0.2) is 17.6 Å². The molecule has 0 fully saturated rings. The van der Waals surface area contributed by atoms with Crippen molar-refractivity contribution in [2.75, 3.05) is 5.32 Å². The van der Waals surface area contributed by atoms with Gasteiger partial charge in [0.05, 0.1) is 11.7 Å². The highest BCUT2D eigenvalue weighted by molar-refractivity contribution is 7.09. The van der Waals surface area contributed by atoms with Crippen molar-refractivity contribution < 1.29 is 14.7 Å². The number of nitrogens with one attached hydrogen (secondary N) is 3. The van der Waals surface area contributed by atoms with Crippen LogP contribution in [0.1, 0.15) is 40.6 Å². The van der Waals surface area contributed by atoms with Gasteiger partial charge in [-0.3, -0.25) is 0 Å². The highest BCUT2D eigenvalue weighted by Crippen LogP contribution is 2.20. The Morgan fingerprint density at radius 3 is 2.86 bits per heavy atom.